The van der Waals surface area contributed by atoms with Crippen LogP contribution >= 0.6 is 0 Å². The number of anilines is 1. The van der Waals surface area contributed by atoms with Gasteiger partial charge in [0.2, 0.25) is 0 Å². The van der Waals surface area contributed by atoms with Crippen LogP contribution in [0.1, 0.15) is 5.82 Å². The zero-order valence-electron chi connectivity index (χ0n) is 9.42. The van der Waals surface area contributed by atoms with Gasteiger partial charge in [-0.15, -0.1) is 0 Å². The van der Waals surface area contributed by atoms with Crippen molar-refractivity contribution in [2.24, 2.45) is 0 Å². The lowest BCUT2D eigenvalue weighted by Gasteiger charge is -1.97. The summed E-state index contributed by atoms with van der Waals surface area (Å²) in [6.45, 7) is 0. The van der Waals surface area contributed by atoms with Gasteiger partial charge in [-0.1, -0.05) is 5.16 Å². The lowest BCUT2D eigenvalue weighted by molar-refractivity contribution is 0.424. The Hall–Kier alpha value is -1.96. The average Bonchev–Trinajstić information content (AvgIpc) is 2.68. The number of rotatable bonds is 3. The molecule has 96 valence electrons. The van der Waals surface area contributed by atoms with E-state index in [0.29, 0.717) is 5.56 Å². The number of nitrogens with two attached hydrogens (primary N) is 1. The smallest absolute Gasteiger partial charge is 0.258 e. The van der Waals surface area contributed by atoms with Gasteiger partial charge in [0.05, 0.1) is 5.69 Å². The third-order valence-electron chi connectivity index (χ3n) is 2.10. The fourth-order valence-electron chi connectivity index (χ4n) is 1.34. The second kappa shape index (κ2) is 4.37. The molecule has 2 aromatic rings. The predicted octanol–water partition coefficient (Wildman–Crippen LogP) is 1.00. The van der Waals surface area contributed by atoms with Gasteiger partial charge < -0.3 is 10.3 Å². The van der Waals surface area contributed by atoms with E-state index in [1.165, 1.54) is 18.2 Å². The summed E-state index contributed by atoms with van der Waals surface area (Å²) in [6.07, 6.45) is 1.07. The summed E-state index contributed by atoms with van der Waals surface area (Å²) in [5.41, 5.74) is 5.79. The van der Waals surface area contributed by atoms with Gasteiger partial charge in [0.1, 0.15) is 11.6 Å². The third kappa shape index (κ3) is 2.83. The lowest BCUT2D eigenvalue weighted by atomic mass is 10.2. The first-order valence-corrected chi connectivity index (χ1v) is 6.97. The molecule has 6 nitrogen and oxygen atoms in total. The first-order chi connectivity index (χ1) is 8.35. The Labute approximate surface area is 103 Å². The lowest BCUT2D eigenvalue weighted by Crippen LogP contribution is -2.02. The van der Waals surface area contributed by atoms with Crippen molar-refractivity contribution in [1.29, 1.82) is 0 Å². The fourth-order valence-corrected chi connectivity index (χ4v) is 1.93. The molecule has 0 radical (unpaired) electrons. The fraction of sp³-hybridized carbons (Fsp3) is 0.200. The molecule has 8 heteroatoms. The van der Waals surface area contributed by atoms with E-state index in [-0.39, 0.29) is 23.2 Å². The molecular formula is C10H10FN3O3S. The molecular weight excluding hydrogens is 261 g/mol. The number of benzene rings is 1. The zero-order chi connectivity index (χ0) is 13.3. The monoisotopic (exact) mass is 271 g/mol. The predicted molar refractivity (Wildman–Crippen MR) is 62.7 cm³/mol. The number of halogens is 1. The molecule has 0 unspecified atom stereocenters. The van der Waals surface area contributed by atoms with Gasteiger partial charge in [-0.05, 0) is 18.2 Å². The van der Waals surface area contributed by atoms with E-state index in [9.17, 15) is 12.8 Å². The van der Waals surface area contributed by atoms with E-state index < -0.39 is 15.7 Å². The van der Waals surface area contributed by atoms with Crippen LogP contribution in [-0.4, -0.2) is 24.8 Å². The highest BCUT2D eigenvalue weighted by molar-refractivity contribution is 7.89. The van der Waals surface area contributed by atoms with Crippen molar-refractivity contribution in [3.05, 3.63) is 29.8 Å². The third-order valence-corrected chi connectivity index (χ3v) is 2.88. The van der Waals surface area contributed by atoms with Crippen LogP contribution in [0, 0.1) is 5.82 Å². The van der Waals surface area contributed by atoms with Crippen molar-refractivity contribution in [2.45, 2.75) is 5.75 Å². The van der Waals surface area contributed by atoms with Crippen LogP contribution < -0.4 is 5.73 Å². The van der Waals surface area contributed by atoms with E-state index in [0.717, 1.165) is 6.26 Å². The molecule has 2 N–H and O–H groups in total. The summed E-state index contributed by atoms with van der Waals surface area (Å²) < 4.78 is 40.0. The van der Waals surface area contributed by atoms with Crippen molar-refractivity contribution in [3.63, 3.8) is 0 Å². The molecule has 0 aliphatic heterocycles. The summed E-state index contributed by atoms with van der Waals surface area (Å²) in [5, 5.41) is 3.53. The highest BCUT2D eigenvalue weighted by atomic mass is 32.2. The molecule has 0 atom stereocenters. The Morgan fingerprint density at radius 3 is 2.78 bits per heavy atom. The van der Waals surface area contributed by atoms with Crippen molar-refractivity contribution in [1.82, 2.24) is 10.1 Å². The van der Waals surface area contributed by atoms with Gasteiger partial charge in [0.15, 0.2) is 15.7 Å². The summed E-state index contributed by atoms with van der Waals surface area (Å²) in [6, 6.07) is 3.93. The van der Waals surface area contributed by atoms with Crippen molar-refractivity contribution < 1.29 is 17.3 Å². The number of hydrogen-bond acceptors (Lipinski definition) is 6. The molecule has 0 amide bonds. The number of hydrogen-bond donors (Lipinski definition) is 1. The van der Waals surface area contributed by atoms with Crippen LogP contribution in [0.2, 0.25) is 0 Å². The topological polar surface area (TPSA) is 99.1 Å². The standard InChI is InChI=1S/C10H10FN3O3S/c1-18(15,16)5-9-13-10(17-14-9)6-2-3-7(11)8(12)4-6/h2-4H,5,12H2,1H3. The first kappa shape index (κ1) is 12.5. The number of nitrogen functional groups attached to an aromatic ring is 1. The maximum absolute atomic E-state index is 13.0. The Kier molecular flexibility index (Phi) is 3.04. The molecule has 0 fully saturated rings. The molecule has 1 aromatic carbocycles. The van der Waals surface area contributed by atoms with Gasteiger partial charge in [-0.2, -0.15) is 4.98 Å². The second-order valence-corrected chi connectivity index (χ2v) is 5.96. The Morgan fingerprint density at radius 2 is 2.17 bits per heavy atom. The van der Waals surface area contributed by atoms with Crippen LogP contribution in [0.3, 0.4) is 0 Å². The van der Waals surface area contributed by atoms with Crippen molar-refractivity contribution in [2.75, 3.05) is 12.0 Å². The summed E-state index contributed by atoms with van der Waals surface area (Å²) in [4.78, 5) is 3.90. The average molecular weight is 271 g/mol. The SMILES string of the molecule is CS(=O)(=O)Cc1noc(-c2ccc(F)c(N)c2)n1. The minimum Gasteiger partial charge on any atom is -0.396 e. The van der Waals surface area contributed by atoms with Gasteiger partial charge in [-0.25, -0.2) is 12.8 Å². The minimum atomic E-state index is -3.23. The largest absolute Gasteiger partial charge is 0.396 e. The van der Waals surface area contributed by atoms with E-state index in [1.54, 1.807) is 0 Å². The second-order valence-electron chi connectivity index (χ2n) is 3.82. The summed E-state index contributed by atoms with van der Waals surface area (Å²) >= 11 is 0. The maximum atomic E-state index is 13.0. The van der Waals surface area contributed by atoms with Crippen LogP contribution in [0.4, 0.5) is 10.1 Å². The first-order valence-electron chi connectivity index (χ1n) is 4.91. The molecule has 1 heterocycles. The van der Waals surface area contributed by atoms with Gasteiger partial charge in [0, 0.05) is 11.8 Å². The molecule has 0 bridgehead atoms. The van der Waals surface area contributed by atoms with Crippen LogP contribution in [-0.2, 0) is 15.6 Å². The quantitative estimate of drug-likeness (QED) is 0.836. The van der Waals surface area contributed by atoms with E-state index >= 15 is 0 Å². The van der Waals surface area contributed by atoms with E-state index in [1.807, 2.05) is 0 Å². The van der Waals surface area contributed by atoms with Gasteiger partial charge in [0.25, 0.3) is 5.89 Å². The summed E-state index contributed by atoms with van der Waals surface area (Å²) in [5.74, 6) is -0.710. The Bertz CT molecular complexity index is 681. The van der Waals surface area contributed by atoms with Crippen LogP contribution in [0.25, 0.3) is 11.5 Å². The highest BCUT2D eigenvalue weighted by Crippen LogP contribution is 2.22. The Balaban J connectivity index is 2.32. The van der Waals surface area contributed by atoms with E-state index in [4.69, 9.17) is 10.3 Å². The molecule has 0 aliphatic rings. The minimum absolute atomic E-state index is 0.0460. The zero-order valence-corrected chi connectivity index (χ0v) is 10.2. The molecule has 1 aromatic heterocycles. The molecule has 0 aliphatic carbocycles. The van der Waals surface area contributed by atoms with Crippen molar-refractivity contribution >= 4 is 15.5 Å². The van der Waals surface area contributed by atoms with Gasteiger partial charge >= 0.3 is 0 Å². The normalized spacial score (nSPS) is 11.7. The number of aromatic nitrogens is 2. The van der Waals surface area contributed by atoms with Crippen LogP contribution in [0.15, 0.2) is 22.7 Å². The van der Waals surface area contributed by atoms with Gasteiger partial charge in [-0.3, -0.25) is 0 Å². The molecule has 0 saturated carbocycles. The maximum Gasteiger partial charge on any atom is 0.258 e. The molecule has 0 saturated heterocycles. The van der Waals surface area contributed by atoms with E-state index in [2.05, 4.69) is 10.1 Å². The molecule has 0 spiro atoms. The van der Waals surface area contributed by atoms with Crippen LogP contribution in [0.5, 0.6) is 0 Å². The number of sulfone groups is 1. The van der Waals surface area contributed by atoms with Crippen molar-refractivity contribution in [3.8, 4) is 11.5 Å². The number of nitrogens with zero attached hydrogens (tertiary/aromatic N) is 2. The highest BCUT2D eigenvalue weighted by Gasteiger charge is 2.14. The summed E-state index contributed by atoms with van der Waals surface area (Å²) in [7, 11) is -3.23. The Morgan fingerprint density at radius 1 is 1.44 bits per heavy atom. The molecule has 2 rings (SSSR count). The molecule has 18 heavy (non-hydrogen) atoms.